The van der Waals surface area contributed by atoms with E-state index in [1.54, 1.807) is 40.3 Å². The van der Waals surface area contributed by atoms with Gasteiger partial charge in [-0.2, -0.15) is 0 Å². The molecule has 1 heterocycles. The van der Waals surface area contributed by atoms with Crippen molar-refractivity contribution in [2.75, 3.05) is 14.2 Å². The van der Waals surface area contributed by atoms with Crippen LogP contribution < -0.4 is 4.74 Å². The van der Waals surface area contributed by atoms with Crippen molar-refractivity contribution >= 4 is 43.1 Å². The summed E-state index contributed by atoms with van der Waals surface area (Å²) < 4.78 is 37.5. The van der Waals surface area contributed by atoms with Crippen LogP contribution in [-0.4, -0.2) is 38.1 Å². The van der Waals surface area contributed by atoms with Crippen molar-refractivity contribution in [3.8, 4) is 5.75 Å². The van der Waals surface area contributed by atoms with Crippen molar-refractivity contribution in [2.45, 2.75) is 32.1 Å². The molecule has 162 valence electrons. The Morgan fingerprint density at radius 1 is 1.13 bits per heavy atom. The smallest absolute Gasteiger partial charge is 0.241 e. The number of rotatable bonds is 7. The lowest BCUT2D eigenvalue weighted by Crippen LogP contribution is -2.21. The van der Waals surface area contributed by atoms with E-state index in [4.69, 9.17) is 4.74 Å². The molecule has 1 aromatic heterocycles. The zero-order valence-corrected chi connectivity index (χ0v) is 19.9. The van der Waals surface area contributed by atoms with Crippen LogP contribution in [-0.2, 0) is 32.6 Å². The Labute approximate surface area is 186 Å². The second-order valence-corrected chi connectivity index (χ2v) is 10.1. The molecule has 0 spiro atoms. The molecule has 0 bridgehead atoms. The number of methoxy groups -OCH3 is 1. The Morgan fingerprint density at radius 2 is 1.80 bits per heavy atom. The summed E-state index contributed by atoms with van der Waals surface area (Å²) >= 11 is 3.52. The standard InChI is InChI=1S/C20H20BrNO4S.C2H6O/c1-14(2)27(24,25)22-9-7-17-18(21)11-15(12-19(17)22)13-26-20-6-4-3-5-16(20)8-10-23;1-3-2/h3-7,9-12,14H,8,13H2,1-2H3;1-2H3. The first-order valence-electron chi connectivity index (χ1n) is 9.34. The third-order valence-electron chi connectivity index (χ3n) is 4.32. The first-order chi connectivity index (χ1) is 14.3. The van der Waals surface area contributed by atoms with Gasteiger partial charge in [-0.3, -0.25) is 0 Å². The minimum absolute atomic E-state index is 0.261. The lowest BCUT2D eigenvalue weighted by Gasteiger charge is -2.13. The van der Waals surface area contributed by atoms with Crippen molar-refractivity contribution in [1.82, 2.24) is 3.97 Å². The molecule has 6 nitrogen and oxygen atoms in total. The van der Waals surface area contributed by atoms with Crippen molar-refractivity contribution in [1.29, 1.82) is 0 Å². The van der Waals surface area contributed by atoms with Gasteiger partial charge in [-0.05, 0) is 43.7 Å². The molecular weight excluding hydrogens is 470 g/mol. The van der Waals surface area contributed by atoms with Gasteiger partial charge in [-0.1, -0.05) is 34.1 Å². The summed E-state index contributed by atoms with van der Waals surface area (Å²) in [6.07, 6.45) is 2.71. The molecule has 0 fully saturated rings. The highest BCUT2D eigenvalue weighted by Crippen LogP contribution is 2.29. The molecule has 0 aliphatic carbocycles. The van der Waals surface area contributed by atoms with Crippen LogP contribution in [0.2, 0.25) is 0 Å². The van der Waals surface area contributed by atoms with Gasteiger partial charge >= 0.3 is 0 Å². The SMILES string of the molecule is CC(C)S(=O)(=O)n1ccc2c(Br)cc(COc3ccccc3CC=O)cc21.COC. The first-order valence-corrected chi connectivity index (χ1v) is 11.6. The predicted octanol–water partition coefficient (Wildman–Crippen LogP) is 4.57. The van der Waals surface area contributed by atoms with Gasteiger partial charge in [0.25, 0.3) is 0 Å². The second-order valence-electron chi connectivity index (χ2n) is 6.89. The van der Waals surface area contributed by atoms with Crippen molar-refractivity contribution in [3.05, 3.63) is 64.3 Å². The molecule has 0 N–H and O–H groups in total. The Hall–Kier alpha value is -2.16. The third kappa shape index (κ3) is 5.50. The number of benzene rings is 2. The van der Waals surface area contributed by atoms with E-state index >= 15 is 0 Å². The van der Waals surface area contributed by atoms with Crippen LogP contribution >= 0.6 is 15.9 Å². The molecule has 30 heavy (non-hydrogen) atoms. The Bertz CT molecular complexity index is 1110. The molecule has 2 aromatic carbocycles. The maximum atomic E-state index is 12.6. The summed E-state index contributed by atoms with van der Waals surface area (Å²) in [5.41, 5.74) is 2.26. The van der Waals surface area contributed by atoms with Gasteiger partial charge in [0.05, 0.1) is 10.8 Å². The number of hydrogen-bond acceptors (Lipinski definition) is 5. The van der Waals surface area contributed by atoms with Crippen LogP contribution in [0, 0.1) is 0 Å². The van der Waals surface area contributed by atoms with E-state index < -0.39 is 15.3 Å². The van der Waals surface area contributed by atoms with E-state index in [1.165, 1.54) is 3.97 Å². The third-order valence-corrected chi connectivity index (χ3v) is 7.04. The number of ether oxygens (including phenoxy) is 2. The fourth-order valence-corrected chi connectivity index (χ4v) is 4.56. The van der Waals surface area contributed by atoms with Crippen LogP contribution in [0.5, 0.6) is 5.75 Å². The molecule has 3 aromatic rings. The molecule has 3 rings (SSSR count). The Kier molecular flexibility index (Phi) is 8.64. The number of para-hydroxylation sites is 1. The average molecular weight is 496 g/mol. The molecule has 0 aliphatic heterocycles. The zero-order chi connectivity index (χ0) is 22.3. The highest BCUT2D eigenvalue weighted by atomic mass is 79.9. The number of carbonyl (C=O) groups is 1. The van der Waals surface area contributed by atoms with E-state index in [-0.39, 0.29) is 13.0 Å². The van der Waals surface area contributed by atoms with Gasteiger partial charge in [-0.25, -0.2) is 12.4 Å². The molecule has 0 atom stereocenters. The van der Waals surface area contributed by atoms with Crippen LogP contribution in [0.25, 0.3) is 10.9 Å². The maximum absolute atomic E-state index is 12.6. The first kappa shape index (κ1) is 24.1. The highest BCUT2D eigenvalue weighted by Gasteiger charge is 2.21. The van der Waals surface area contributed by atoms with Crippen LogP contribution in [0.3, 0.4) is 0 Å². The number of carbonyl (C=O) groups excluding carboxylic acids is 1. The Balaban J connectivity index is 0.00000101. The zero-order valence-electron chi connectivity index (χ0n) is 17.5. The summed E-state index contributed by atoms with van der Waals surface area (Å²) in [5.74, 6) is 0.644. The lowest BCUT2D eigenvalue weighted by atomic mass is 10.1. The van der Waals surface area contributed by atoms with Crippen molar-refractivity contribution in [2.24, 2.45) is 0 Å². The molecule has 8 heteroatoms. The number of halogens is 1. The van der Waals surface area contributed by atoms with Crippen molar-refractivity contribution in [3.63, 3.8) is 0 Å². The highest BCUT2D eigenvalue weighted by molar-refractivity contribution is 9.10. The van der Waals surface area contributed by atoms with E-state index in [2.05, 4.69) is 20.7 Å². The van der Waals surface area contributed by atoms with Gasteiger partial charge in [0.2, 0.25) is 10.0 Å². The minimum atomic E-state index is -3.46. The number of hydrogen-bond donors (Lipinski definition) is 0. The monoisotopic (exact) mass is 495 g/mol. The van der Waals surface area contributed by atoms with Gasteiger partial charge < -0.3 is 14.3 Å². The van der Waals surface area contributed by atoms with Crippen LogP contribution in [0.15, 0.2) is 53.1 Å². The van der Waals surface area contributed by atoms with Gasteiger partial charge in [0.1, 0.15) is 18.6 Å². The van der Waals surface area contributed by atoms with E-state index in [0.717, 1.165) is 27.3 Å². The largest absolute Gasteiger partial charge is 0.489 e. The van der Waals surface area contributed by atoms with E-state index in [1.807, 2.05) is 36.4 Å². The molecule has 0 amide bonds. The Morgan fingerprint density at radius 3 is 2.43 bits per heavy atom. The summed E-state index contributed by atoms with van der Waals surface area (Å²) in [7, 11) is -0.209. The van der Waals surface area contributed by atoms with Crippen LogP contribution in [0.4, 0.5) is 0 Å². The molecule has 0 unspecified atom stereocenters. The minimum Gasteiger partial charge on any atom is -0.489 e. The lowest BCUT2D eigenvalue weighted by molar-refractivity contribution is -0.107. The molecule has 0 aliphatic rings. The maximum Gasteiger partial charge on any atom is 0.241 e. The molecule has 0 radical (unpaired) electrons. The number of nitrogens with zero attached hydrogens (tertiary/aromatic N) is 1. The number of aromatic nitrogens is 1. The molecule has 0 saturated heterocycles. The second kappa shape index (κ2) is 10.7. The summed E-state index contributed by atoms with van der Waals surface area (Å²) in [4.78, 5) is 10.8. The molecule has 0 saturated carbocycles. The predicted molar refractivity (Wildman–Crippen MR) is 123 cm³/mol. The number of aldehydes is 1. The topological polar surface area (TPSA) is 74.6 Å². The molecular formula is C22H26BrNO5S. The summed E-state index contributed by atoms with van der Waals surface area (Å²) in [6, 6.07) is 12.9. The van der Waals surface area contributed by atoms with Crippen molar-refractivity contribution < 1.29 is 22.7 Å². The normalized spacial score (nSPS) is 11.3. The quantitative estimate of drug-likeness (QED) is 0.448. The average Bonchev–Trinajstić information content (AvgIpc) is 3.13. The summed E-state index contributed by atoms with van der Waals surface area (Å²) in [5, 5.41) is 0.298. The van der Waals surface area contributed by atoms with Gasteiger partial charge in [0.15, 0.2) is 0 Å². The van der Waals surface area contributed by atoms with Gasteiger partial charge in [0, 0.05) is 42.3 Å². The van der Waals surface area contributed by atoms with E-state index in [0.29, 0.717) is 11.3 Å². The van der Waals surface area contributed by atoms with E-state index in [9.17, 15) is 13.2 Å². The fourth-order valence-electron chi connectivity index (χ4n) is 2.82. The van der Waals surface area contributed by atoms with Crippen LogP contribution in [0.1, 0.15) is 25.0 Å². The van der Waals surface area contributed by atoms with Gasteiger partial charge in [-0.15, -0.1) is 0 Å². The summed E-state index contributed by atoms with van der Waals surface area (Å²) in [6.45, 7) is 3.58. The number of fused-ring (bicyclic) bond motifs is 1. The fraction of sp³-hybridized carbons (Fsp3) is 0.318.